The molecule has 6 aliphatic rings. The Morgan fingerprint density at radius 2 is 0.875 bits per heavy atom. The average Bonchev–Trinajstić information content (AvgIpc) is 3.34. The highest BCUT2D eigenvalue weighted by Gasteiger charge is 2.42. The number of piperidine rings is 2. The average molecular weight is 707 g/mol. The molecular weight excluding hydrogens is 644 g/mol. The van der Waals surface area contributed by atoms with Crippen molar-refractivity contribution in [2.75, 3.05) is 27.3 Å². The molecule has 4 bridgehead atoms. The molecule has 6 fully saturated rings. The Hall–Kier alpha value is -1.39. The summed E-state index contributed by atoms with van der Waals surface area (Å²) in [7, 11) is -0.280. The van der Waals surface area contributed by atoms with Crippen LogP contribution in [0.2, 0.25) is 0 Å². The van der Waals surface area contributed by atoms with Crippen molar-refractivity contribution in [1.29, 1.82) is 0 Å². The fraction of sp³-hybridized carbons (Fsp3) is 0.941. The molecule has 0 aromatic heterocycles. The smallest absolute Gasteiger partial charge is 0.394 e. The zero-order chi connectivity index (χ0) is 34.1. The van der Waals surface area contributed by atoms with Crippen molar-refractivity contribution >= 4 is 22.3 Å². The minimum Gasteiger partial charge on any atom is -0.462 e. The number of rotatable bonds is 8. The van der Waals surface area contributed by atoms with Gasteiger partial charge in [-0.05, 0) is 103 Å². The third-order valence-electron chi connectivity index (χ3n) is 12.1. The Bertz CT molecular complexity index is 993. The second kappa shape index (κ2) is 19.3. The van der Waals surface area contributed by atoms with Crippen LogP contribution in [0, 0.1) is 23.7 Å². The normalized spacial score (nSPS) is 32.4. The van der Waals surface area contributed by atoms with Crippen molar-refractivity contribution in [3.8, 4) is 0 Å². The molecule has 0 radical (unpaired) electrons. The van der Waals surface area contributed by atoms with Crippen LogP contribution in [0.15, 0.2) is 0 Å². The predicted molar refractivity (Wildman–Crippen MR) is 179 cm³/mol. The number of aliphatic hydroxyl groups is 2. The highest BCUT2D eigenvalue weighted by atomic mass is 32.3. The number of carbonyl (C=O) groups is 2. The van der Waals surface area contributed by atoms with Gasteiger partial charge in [0.15, 0.2) is 0 Å². The highest BCUT2D eigenvalue weighted by molar-refractivity contribution is 7.79. The molecule has 0 amide bonds. The van der Waals surface area contributed by atoms with Crippen LogP contribution in [0.1, 0.15) is 116 Å². The Labute approximate surface area is 287 Å². The Morgan fingerprint density at radius 1 is 0.604 bits per heavy atom. The lowest BCUT2D eigenvalue weighted by atomic mass is 9.80. The summed E-state index contributed by atoms with van der Waals surface area (Å²) in [6, 6.07) is 2.35. The second-order valence-electron chi connectivity index (χ2n) is 15.0. The molecule has 0 aromatic carbocycles. The topological polar surface area (TPSA) is 206 Å². The molecule has 0 aromatic rings. The lowest BCUT2D eigenvalue weighted by Crippen LogP contribution is -2.44. The van der Waals surface area contributed by atoms with E-state index in [4.69, 9.17) is 27.0 Å². The fourth-order valence-electron chi connectivity index (χ4n) is 9.32. The molecule has 0 spiro atoms. The quantitative estimate of drug-likeness (QED) is 0.212. The molecule has 4 aliphatic heterocycles. The van der Waals surface area contributed by atoms with E-state index in [1.807, 2.05) is 0 Å². The van der Waals surface area contributed by atoms with Gasteiger partial charge in [0.2, 0.25) is 0 Å². The number of carbonyl (C=O) groups excluding carboxylic acids is 2. The standard InChI is InChI=1S/2C17H29NO3.H2O4S.H2O/c2*1-18-13-7-8-14(18)10-15(9-13)21-17(20)16(11-19)12-5-3-2-4-6-12;1-5(2,3)4;/h2*12-16,19H,2-11H2,1H3;(H2,1,2,3,4);1H2. The first-order valence-corrected chi connectivity index (χ1v) is 19.5. The first kappa shape index (κ1) is 41.0. The molecule has 4 saturated heterocycles. The van der Waals surface area contributed by atoms with Gasteiger partial charge in [-0.1, -0.05) is 38.5 Å². The van der Waals surface area contributed by atoms with Crippen LogP contribution in [-0.4, -0.2) is 119 Å². The van der Waals surface area contributed by atoms with Crippen molar-refractivity contribution in [1.82, 2.24) is 9.80 Å². The maximum absolute atomic E-state index is 12.5. The van der Waals surface area contributed by atoms with Crippen LogP contribution >= 0.6 is 0 Å². The van der Waals surface area contributed by atoms with Crippen LogP contribution in [0.4, 0.5) is 0 Å². The Balaban J connectivity index is 0.000000225. The van der Waals surface area contributed by atoms with Crippen LogP contribution in [-0.2, 0) is 29.5 Å². The molecule has 2 aliphatic carbocycles. The summed E-state index contributed by atoms with van der Waals surface area (Å²) < 4.78 is 43.2. The summed E-state index contributed by atoms with van der Waals surface area (Å²) in [5.41, 5.74) is 0. The third kappa shape index (κ3) is 11.9. The van der Waals surface area contributed by atoms with Gasteiger partial charge in [0.1, 0.15) is 12.2 Å². The van der Waals surface area contributed by atoms with Crippen LogP contribution < -0.4 is 0 Å². The summed E-state index contributed by atoms with van der Waals surface area (Å²) in [4.78, 5) is 29.8. The number of ether oxygens (including phenoxy) is 2. The van der Waals surface area contributed by atoms with E-state index >= 15 is 0 Å². The summed E-state index contributed by atoms with van der Waals surface area (Å²) in [6.45, 7) is -0.105. The monoisotopic (exact) mass is 706 g/mol. The van der Waals surface area contributed by atoms with E-state index in [1.54, 1.807) is 0 Å². The van der Waals surface area contributed by atoms with Crippen LogP contribution in [0.5, 0.6) is 0 Å². The fourth-order valence-corrected chi connectivity index (χ4v) is 9.32. The van der Waals surface area contributed by atoms with Crippen LogP contribution in [0.3, 0.4) is 0 Å². The first-order chi connectivity index (χ1) is 22.4. The number of hydrogen-bond donors (Lipinski definition) is 4. The summed E-state index contributed by atoms with van der Waals surface area (Å²) >= 11 is 0. The van der Waals surface area contributed by atoms with E-state index < -0.39 is 10.4 Å². The van der Waals surface area contributed by atoms with E-state index in [0.717, 1.165) is 51.4 Å². The van der Waals surface area contributed by atoms with Gasteiger partial charge in [-0.2, -0.15) is 8.42 Å². The van der Waals surface area contributed by atoms with Crippen molar-refractivity contribution in [2.45, 2.75) is 152 Å². The first-order valence-electron chi connectivity index (χ1n) is 18.1. The molecule has 13 nitrogen and oxygen atoms in total. The molecule has 48 heavy (non-hydrogen) atoms. The molecule has 4 heterocycles. The largest absolute Gasteiger partial charge is 0.462 e. The third-order valence-corrected chi connectivity index (χ3v) is 12.1. The van der Waals surface area contributed by atoms with Gasteiger partial charge in [0, 0.05) is 24.2 Å². The summed E-state index contributed by atoms with van der Waals surface area (Å²) in [5.74, 6) is -0.194. The summed E-state index contributed by atoms with van der Waals surface area (Å²) in [6.07, 6.45) is 20.5. The molecule has 6 rings (SSSR count). The van der Waals surface area contributed by atoms with E-state index in [2.05, 4.69) is 23.9 Å². The zero-order valence-corrected chi connectivity index (χ0v) is 29.8. The molecule has 14 heteroatoms. The van der Waals surface area contributed by atoms with E-state index in [9.17, 15) is 19.8 Å². The lowest BCUT2D eigenvalue weighted by molar-refractivity contribution is -0.162. The zero-order valence-electron chi connectivity index (χ0n) is 29.0. The van der Waals surface area contributed by atoms with Gasteiger partial charge < -0.3 is 35.0 Å². The Morgan fingerprint density at radius 3 is 1.12 bits per heavy atom. The maximum Gasteiger partial charge on any atom is 0.394 e. The van der Waals surface area contributed by atoms with Crippen molar-refractivity contribution in [2.24, 2.45) is 23.7 Å². The number of fused-ring (bicyclic) bond motifs is 4. The minimum absolute atomic E-state index is 0. The maximum atomic E-state index is 12.5. The van der Waals surface area contributed by atoms with E-state index in [1.165, 1.54) is 64.2 Å². The van der Waals surface area contributed by atoms with Crippen molar-refractivity contribution < 1.29 is 52.3 Å². The molecule has 2 saturated carbocycles. The van der Waals surface area contributed by atoms with Crippen LogP contribution in [0.25, 0.3) is 0 Å². The summed E-state index contributed by atoms with van der Waals surface area (Å²) in [5, 5.41) is 19.3. The molecule has 6 unspecified atom stereocenters. The number of hydrogen-bond acceptors (Lipinski definition) is 10. The highest BCUT2D eigenvalue weighted by Crippen LogP contribution is 2.38. The van der Waals surface area contributed by atoms with Gasteiger partial charge in [0.05, 0.1) is 25.0 Å². The van der Waals surface area contributed by atoms with E-state index in [-0.39, 0.29) is 54.7 Å². The molecular formula is C34H62N2O11S. The van der Waals surface area contributed by atoms with Gasteiger partial charge in [-0.3, -0.25) is 18.7 Å². The van der Waals surface area contributed by atoms with Gasteiger partial charge >= 0.3 is 22.3 Å². The minimum atomic E-state index is -4.67. The number of nitrogens with zero attached hydrogens (tertiary/aromatic N) is 2. The molecule has 280 valence electrons. The SMILES string of the molecule is CN1C2CCC1CC(OC(=O)C(CO)C1CCCCC1)C2.CN1C2CCC1CC(OC(=O)C(CO)C1CCCCC1)C2.O.O=S(=O)(O)O. The molecule has 6 atom stereocenters. The Kier molecular flexibility index (Phi) is 16.5. The predicted octanol–water partition coefficient (Wildman–Crippen LogP) is 3.21. The number of esters is 2. The number of aliphatic hydroxyl groups excluding tert-OH is 2. The molecule has 6 N–H and O–H groups in total. The second-order valence-corrected chi connectivity index (χ2v) is 15.9. The lowest BCUT2D eigenvalue weighted by Gasteiger charge is -2.37. The van der Waals surface area contributed by atoms with Gasteiger partial charge in [0.25, 0.3) is 0 Å². The van der Waals surface area contributed by atoms with Crippen molar-refractivity contribution in [3.05, 3.63) is 0 Å². The van der Waals surface area contributed by atoms with Crippen molar-refractivity contribution in [3.63, 3.8) is 0 Å². The van der Waals surface area contributed by atoms with Gasteiger partial charge in [-0.25, -0.2) is 0 Å². The van der Waals surface area contributed by atoms with E-state index in [0.29, 0.717) is 36.0 Å². The van der Waals surface area contributed by atoms with Gasteiger partial charge in [-0.15, -0.1) is 0 Å².